The van der Waals surface area contributed by atoms with Gasteiger partial charge in [-0.3, -0.25) is 19.3 Å². The normalized spacial score (nSPS) is 18.9. The van der Waals surface area contributed by atoms with Crippen LogP contribution >= 0.6 is 34.9 Å². The number of nitrogen functional groups attached to an aromatic ring is 1. The maximum atomic E-state index is 13.1. The van der Waals surface area contributed by atoms with Crippen LogP contribution in [0.4, 0.5) is 5.13 Å². The van der Waals surface area contributed by atoms with E-state index in [2.05, 4.69) is 30.5 Å². The van der Waals surface area contributed by atoms with E-state index in [4.69, 9.17) is 16.3 Å². The number of nitrogens with one attached hydrogen (secondary N) is 1. The molecule has 0 saturated carbocycles. The van der Waals surface area contributed by atoms with Crippen LogP contribution in [0.5, 0.6) is 0 Å². The molecule has 208 valence electrons. The lowest BCUT2D eigenvalue weighted by atomic mass is 10.0. The number of rotatable bonds is 9. The number of primary amides is 1. The van der Waals surface area contributed by atoms with Crippen LogP contribution in [0.2, 0.25) is 0 Å². The molecule has 0 aromatic carbocycles. The van der Waals surface area contributed by atoms with Crippen LogP contribution < -0.4 is 16.8 Å². The summed E-state index contributed by atoms with van der Waals surface area (Å²) in [7, 11) is 1.26. The van der Waals surface area contributed by atoms with Gasteiger partial charge in [0.05, 0.1) is 0 Å². The molecule has 2 aliphatic heterocycles. The lowest BCUT2D eigenvalue weighted by molar-refractivity contribution is -0.150. The number of aromatic nitrogens is 5. The predicted molar refractivity (Wildman–Crippen MR) is 145 cm³/mol. The molecule has 0 aliphatic carbocycles. The predicted octanol–water partition coefficient (Wildman–Crippen LogP) is -0.548. The number of nitrogens with two attached hydrogens (primary N) is 2. The maximum Gasteiger partial charge on any atom is 0.352 e. The summed E-state index contributed by atoms with van der Waals surface area (Å²) in [6.07, 6.45) is 0. The van der Waals surface area contributed by atoms with Crippen LogP contribution in [-0.2, 0) is 19.2 Å². The number of amides is 3. The Labute approximate surface area is 237 Å². The number of carboxylic acid groups (broad SMARTS) is 1. The second-order valence-corrected chi connectivity index (χ2v) is 11.3. The number of β-lactam (4-membered cyclic amide) rings is 1. The fourth-order valence-electron chi connectivity index (χ4n) is 4.02. The number of hydrogen-bond donors (Lipinski definition) is 4. The van der Waals surface area contributed by atoms with Crippen molar-refractivity contribution in [3.8, 4) is 0 Å². The minimum atomic E-state index is -1.27. The van der Waals surface area contributed by atoms with Crippen molar-refractivity contribution >= 4 is 75.2 Å². The van der Waals surface area contributed by atoms with Crippen LogP contribution in [0.25, 0.3) is 5.78 Å². The lowest BCUT2D eigenvalue weighted by Gasteiger charge is -2.49. The van der Waals surface area contributed by atoms with Crippen molar-refractivity contribution in [1.29, 1.82) is 0 Å². The van der Waals surface area contributed by atoms with E-state index in [9.17, 15) is 24.3 Å². The Morgan fingerprint density at radius 2 is 2.10 bits per heavy atom. The third-order valence-electron chi connectivity index (χ3n) is 5.72. The number of carboxylic acids is 1. The molecule has 3 amide bonds. The number of aliphatic carboxylic acids is 1. The first-order valence-electron chi connectivity index (χ1n) is 11.3. The third-order valence-corrected chi connectivity index (χ3v) is 8.81. The van der Waals surface area contributed by atoms with Crippen molar-refractivity contribution in [2.75, 3.05) is 24.3 Å². The van der Waals surface area contributed by atoms with Crippen molar-refractivity contribution in [3.63, 3.8) is 0 Å². The van der Waals surface area contributed by atoms with E-state index in [1.54, 1.807) is 13.0 Å². The molecular formula is C21H20N10O6S3. The molecule has 0 radical (unpaired) electrons. The minimum Gasteiger partial charge on any atom is -0.477 e. The first-order chi connectivity index (χ1) is 19.1. The maximum absolute atomic E-state index is 13.1. The van der Waals surface area contributed by atoms with Crippen molar-refractivity contribution in [2.45, 2.75) is 23.4 Å². The zero-order valence-corrected chi connectivity index (χ0v) is 23.2. The molecule has 5 rings (SSSR count). The Bertz CT molecular complexity index is 1630. The average molecular weight is 605 g/mol. The van der Waals surface area contributed by atoms with E-state index in [1.807, 2.05) is 0 Å². The SMILES string of the molecule is CON=C(C(=O)N[C@@H]1C(=O)N2C(C(=O)O)=C(CSc3cc(C)nc4nc(C(N)=O)nn34)CS[C@H]12)c1csc(N)n1. The van der Waals surface area contributed by atoms with E-state index in [1.165, 1.54) is 45.4 Å². The standard InChI is InChI=1S/C21H20N10O6S3/c1-7-3-10(31-21(24-7)27-15(28-31)14(22)32)38-4-8-5-39-18-12(17(34)30(18)13(8)19(35)36)26-16(33)11(29-37-2)9-6-40-20(23)25-9/h3,6,12,18H,4-5H2,1-2H3,(H2,22,32)(H2,23,25)(H,26,33)(H,35,36)/t12-,18-/m1/s1. The number of thiazole rings is 1. The highest BCUT2D eigenvalue weighted by Crippen LogP contribution is 2.41. The number of thioether (sulfide) groups is 2. The van der Waals surface area contributed by atoms with Crippen LogP contribution in [0.15, 0.2) is 32.9 Å². The monoisotopic (exact) mass is 604 g/mol. The molecule has 0 bridgehead atoms. The van der Waals surface area contributed by atoms with Gasteiger partial charge in [-0.1, -0.05) is 5.16 Å². The van der Waals surface area contributed by atoms with E-state index < -0.39 is 35.1 Å². The molecule has 1 fully saturated rings. The van der Waals surface area contributed by atoms with Gasteiger partial charge in [0.25, 0.3) is 23.5 Å². The topological polar surface area (TPSA) is 233 Å². The average Bonchev–Trinajstić information content (AvgIpc) is 3.54. The smallest absolute Gasteiger partial charge is 0.352 e. The first-order valence-corrected chi connectivity index (χ1v) is 14.2. The van der Waals surface area contributed by atoms with Gasteiger partial charge < -0.3 is 26.7 Å². The molecule has 1 saturated heterocycles. The number of aryl methyl sites for hydroxylation is 1. The van der Waals surface area contributed by atoms with Crippen LogP contribution in [0.1, 0.15) is 22.0 Å². The molecule has 5 heterocycles. The number of hydrogen-bond acceptors (Lipinski definition) is 14. The number of fused-ring (bicyclic) bond motifs is 2. The molecule has 40 heavy (non-hydrogen) atoms. The molecule has 2 aliphatic rings. The molecule has 16 nitrogen and oxygen atoms in total. The Balaban J connectivity index is 1.35. The quantitative estimate of drug-likeness (QED) is 0.0790. The van der Waals surface area contributed by atoms with Gasteiger partial charge in [0.1, 0.15) is 34.9 Å². The van der Waals surface area contributed by atoms with E-state index in [-0.39, 0.29) is 45.3 Å². The fraction of sp³-hybridized carbons (Fsp3) is 0.286. The molecule has 3 aromatic rings. The van der Waals surface area contributed by atoms with E-state index >= 15 is 0 Å². The summed E-state index contributed by atoms with van der Waals surface area (Å²) in [5.41, 5.74) is 11.9. The summed E-state index contributed by atoms with van der Waals surface area (Å²) in [5.74, 6) is -2.91. The van der Waals surface area contributed by atoms with E-state index in [0.29, 0.717) is 16.3 Å². The Morgan fingerprint density at radius 1 is 1.32 bits per heavy atom. The van der Waals surface area contributed by atoms with Gasteiger partial charge in [-0.05, 0) is 18.6 Å². The van der Waals surface area contributed by atoms with Crippen LogP contribution in [0.3, 0.4) is 0 Å². The van der Waals surface area contributed by atoms with Crippen molar-refractivity contribution in [1.82, 2.24) is 34.8 Å². The van der Waals surface area contributed by atoms with Gasteiger partial charge in [-0.15, -0.1) is 40.0 Å². The van der Waals surface area contributed by atoms with Crippen molar-refractivity contribution in [3.05, 3.63) is 39.9 Å². The second-order valence-electron chi connectivity index (χ2n) is 8.35. The molecule has 0 unspecified atom stereocenters. The fourth-order valence-corrected chi connectivity index (χ4v) is 7.10. The summed E-state index contributed by atoms with van der Waals surface area (Å²) in [5, 5.41) is 22.1. The summed E-state index contributed by atoms with van der Waals surface area (Å²) in [6, 6.07) is 0.732. The molecule has 6 N–H and O–H groups in total. The minimum absolute atomic E-state index is 0.150. The number of anilines is 1. The van der Waals surface area contributed by atoms with Gasteiger partial charge in [0, 0.05) is 22.6 Å². The van der Waals surface area contributed by atoms with Gasteiger partial charge in [-0.25, -0.2) is 14.8 Å². The highest BCUT2D eigenvalue weighted by Gasteiger charge is 2.54. The number of nitrogens with zero attached hydrogens (tertiary/aromatic N) is 7. The van der Waals surface area contributed by atoms with Gasteiger partial charge in [-0.2, -0.15) is 9.50 Å². The summed E-state index contributed by atoms with van der Waals surface area (Å²) in [4.78, 5) is 68.0. The molecule has 2 atom stereocenters. The molecule has 3 aromatic heterocycles. The zero-order valence-electron chi connectivity index (χ0n) is 20.7. The lowest BCUT2D eigenvalue weighted by Crippen LogP contribution is -2.71. The van der Waals surface area contributed by atoms with E-state index in [0.717, 1.165) is 11.3 Å². The molecule has 0 spiro atoms. The Kier molecular flexibility index (Phi) is 7.34. The number of oxime groups is 1. The van der Waals surface area contributed by atoms with Crippen molar-refractivity contribution in [2.24, 2.45) is 10.9 Å². The van der Waals surface area contributed by atoms with Gasteiger partial charge in [0.2, 0.25) is 5.82 Å². The molecule has 19 heteroatoms. The summed E-state index contributed by atoms with van der Waals surface area (Å²) < 4.78 is 1.35. The zero-order chi connectivity index (χ0) is 28.7. The van der Waals surface area contributed by atoms with Crippen LogP contribution in [0, 0.1) is 6.92 Å². The number of carbonyl (C=O) groups is 4. The van der Waals surface area contributed by atoms with Gasteiger partial charge >= 0.3 is 5.97 Å². The Hall–Kier alpha value is -4.23. The number of carbonyl (C=O) groups excluding carboxylic acids is 3. The van der Waals surface area contributed by atoms with Crippen molar-refractivity contribution < 1.29 is 29.1 Å². The van der Waals surface area contributed by atoms with Gasteiger partial charge in [0.15, 0.2) is 10.8 Å². The van der Waals surface area contributed by atoms with Crippen LogP contribution in [-0.4, -0.2) is 94.0 Å². The highest BCUT2D eigenvalue weighted by molar-refractivity contribution is 8.01. The second kappa shape index (κ2) is 10.7. The third kappa shape index (κ3) is 4.93. The first kappa shape index (κ1) is 27.3. The summed E-state index contributed by atoms with van der Waals surface area (Å²) in [6.45, 7) is 1.74. The Morgan fingerprint density at radius 3 is 2.75 bits per heavy atom. The molecular weight excluding hydrogens is 584 g/mol. The highest BCUT2D eigenvalue weighted by atomic mass is 32.2. The largest absolute Gasteiger partial charge is 0.477 e. The summed E-state index contributed by atoms with van der Waals surface area (Å²) >= 11 is 3.67.